The molecule has 1 aliphatic rings. The minimum Gasteiger partial charge on any atom is -0.453 e. The zero-order valence-electron chi connectivity index (χ0n) is 14.5. The van der Waals surface area contributed by atoms with Crippen molar-refractivity contribution in [1.29, 1.82) is 0 Å². The highest BCUT2D eigenvalue weighted by molar-refractivity contribution is 5.85. The zero-order chi connectivity index (χ0) is 17.1. The van der Waals surface area contributed by atoms with E-state index in [0.29, 0.717) is 5.92 Å². The molecule has 1 amide bonds. The smallest absolute Gasteiger partial charge is 0.411 e. The predicted molar refractivity (Wildman–Crippen MR) is 97.8 cm³/mol. The van der Waals surface area contributed by atoms with Crippen LogP contribution in [0.15, 0.2) is 42.5 Å². The minimum atomic E-state index is -0.435. The zero-order valence-corrected chi connectivity index (χ0v) is 14.5. The lowest BCUT2D eigenvalue weighted by Gasteiger charge is -2.20. The molecule has 2 aromatic carbocycles. The summed E-state index contributed by atoms with van der Waals surface area (Å²) in [5, 5.41) is 2.72. The van der Waals surface area contributed by atoms with E-state index in [-0.39, 0.29) is 0 Å². The quantitative estimate of drug-likeness (QED) is 0.897. The number of rotatable bonds is 4. The summed E-state index contributed by atoms with van der Waals surface area (Å²) >= 11 is 0. The average Bonchev–Trinajstić information content (AvgIpc) is 2.97. The Morgan fingerprint density at radius 3 is 2.62 bits per heavy atom. The van der Waals surface area contributed by atoms with Gasteiger partial charge in [-0.25, -0.2) is 4.79 Å². The topological polar surface area (TPSA) is 41.6 Å². The van der Waals surface area contributed by atoms with Crippen LogP contribution in [0.25, 0.3) is 0 Å². The number of carbonyl (C=O) groups is 1. The van der Waals surface area contributed by atoms with Crippen molar-refractivity contribution in [2.75, 3.05) is 23.9 Å². The van der Waals surface area contributed by atoms with Crippen molar-refractivity contribution in [3.05, 3.63) is 59.2 Å². The van der Waals surface area contributed by atoms with Crippen LogP contribution in [0.4, 0.5) is 16.2 Å². The van der Waals surface area contributed by atoms with Gasteiger partial charge in [0.2, 0.25) is 0 Å². The fourth-order valence-corrected chi connectivity index (χ4v) is 3.11. The maximum atomic E-state index is 11.3. The summed E-state index contributed by atoms with van der Waals surface area (Å²) < 4.78 is 4.64. The van der Waals surface area contributed by atoms with Crippen molar-refractivity contribution in [3.63, 3.8) is 0 Å². The molecular formula is C20H24N2O2. The number of ether oxygens (including phenoxy) is 1. The largest absolute Gasteiger partial charge is 0.453 e. The minimum absolute atomic E-state index is 0.435. The lowest BCUT2D eigenvalue weighted by atomic mass is 10.0. The molecule has 0 saturated carbocycles. The summed E-state index contributed by atoms with van der Waals surface area (Å²) in [5.74, 6) is 0.562. The van der Waals surface area contributed by atoms with Crippen LogP contribution in [-0.4, -0.2) is 19.7 Å². The number of anilines is 2. The number of benzene rings is 2. The molecule has 0 radical (unpaired) electrons. The van der Waals surface area contributed by atoms with E-state index in [0.717, 1.165) is 25.2 Å². The van der Waals surface area contributed by atoms with Gasteiger partial charge in [0.05, 0.1) is 7.11 Å². The van der Waals surface area contributed by atoms with Crippen molar-refractivity contribution in [3.8, 4) is 0 Å². The summed E-state index contributed by atoms with van der Waals surface area (Å²) in [7, 11) is 1.37. The predicted octanol–water partition coefficient (Wildman–Crippen LogP) is 4.55. The highest BCUT2D eigenvalue weighted by Crippen LogP contribution is 2.31. The van der Waals surface area contributed by atoms with E-state index >= 15 is 0 Å². The van der Waals surface area contributed by atoms with E-state index in [1.165, 1.54) is 29.5 Å². The molecule has 24 heavy (non-hydrogen) atoms. The first-order chi connectivity index (χ1) is 11.6. The van der Waals surface area contributed by atoms with Crippen molar-refractivity contribution in [2.24, 2.45) is 0 Å². The monoisotopic (exact) mass is 324 g/mol. The number of hydrogen-bond donors (Lipinski definition) is 1. The molecular weight excluding hydrogens is 300 g/mol. The lowest BCUT2D eigenvalue weighted by Crippen LogP contribution is -2.19. The van der Waals surface area contributed by atoms with Crippen molar-refractivity contribution < 1.29 is 9.53 Å². The van der Waals surface area contributed by atoms with Gasteiger partial charge in [-0.2, -0.15) is 0 Å². The van der Waals surface area contributed by atoms with E-state index < -0.39 is 6.09 Å². The van der Waals surface area contributed by atoms with Crippen LogP contribution in [0.5, 0.6) is 0 Å². The number of carbonyl (C=O) groups excluding carboxylic acids is 1. The SMILES string of the molecule is COC(=O)Nc1ccc2c(c1)CCN2Cc1ccc(C(C)C)cc1. The van der Waals surface area contributed by atoms with E-state index in [1.807, 2.05) is 12.1 Å². The molecule has 1 heterocycles. The third-order valence-electron chi connectivity index (χ3n) is 4.52. The molecule has 2 aromatic rings. The van der Waals surface area contributed by atoms with Crippen molar-refractivity contribution in [2.45, 2.75) is 32.7 Å². The van der Waals surface area contributed by atoms with E-state index in [2.05, 4.69) is 59.1 Å². The van der Waals surface area contributed by atoms with Gasteiger partial charge in [0.25, 0.3) is 0 Å². The van der Waals surface area contributed by atoms with E-state index in [9.17, 15) is 4.79 Å². The maximum Gasteiger partial charge on any atom is 0.411 e. The third-order valence-corrected chi connectivity index (χ3v) is 4.52. The Labute approximate surface area is 143 Å². The molecule has 0 unspecified atom stereocenters. The number of nitrogens with one attached hydrogen (secondary N) is 1. The highest BCUT2D eigenvalue weighted by atomic mass is 16.5. The fraction of sp³-hybridized carbons (Fsp3) is 0.350. The highest BCUT2D eigenvalue weighted by Gasteiger charge is 2.19. The van der Waals surface area contributed by atoms with Crippen molar-refractivity contribution >= 4 is 17.5 Å². The molecule has 0 aliphatic carbocycles. The Balaban J connectivity index is 1.71. The summed E-state index contributed by atoms with van der Waals surface area (Å²) in [6.45, 7) is 6.34. The molecule has 0 saturated heterocycles. The fourth-order valence-electron chi connectivity index (χ4n) is 3.11. The Hall–Kier alpha value is -2.49. The molecule has 0 spiro atoms. The van der Waals surface area contributed by atoms with Gasteiger partial charge in [-0.3, -0.25) is 5.32 Å². The number of nitrogens with zero attached hydrogens (tertiary/aromatic N) is 1. The lowest BCUT2D eigenvalue weighted by molar-refractivity contribution is 0.187. The van der Waals surface area contributed by atoms with Gasteiger partial charge in [-0.1, -0.05) is 38.1 Å². The maximum absolute atomic E-state index is 11.3. The molecule has 4 nitrogen and oxygen atoms in total. The van der Waals surface area contributed by atoms with Gasteiger partial charge in [-0.15, -0.1) is 0 Å². The van der Waals surface area contributed by atoms with Crippen LogP contribution < -0.4 is 10.2 Å². The first-order valence-corrected chi connectivity index (χ1v) is 8.38. The molecule has 3 rings (SSSR count). The molecule has 0 atom stereocenters. The second-order valence-electron chi connectivity index (χ2n) is 6.53. The van der Waals surface area contributed by atoms with E-state index in [4.69, 9.17) is 0 Å². The van der Waals surface area contributed by atoms with Gasteiger partial charge in [0.15, 0.2) is 0 Å². The molecule has 1 aliphatic heterocycles. The molecule has 126 valence electrons. The first-order valence-electron chi connectivity index (χ1n) is 8.38. The van der Waals surface area contributed by atoms with Crippen molar-refractivity contribution in [1.82, 2.24) is 0 Å². The van der Waals surface area contributed by atoms with Crippen LogP contribution in [0.2, 0.25) is 0 Å². The van der Waals surface area contributed by atoms with Gasteiger partial charge in [0.1, 0.15) is 0 Å². The summed E-state index contributed by atoms with van der Waals surface area (Å²) in [4.78, 5) is 13.7. The third kappa shape index (κ3) is 3.53. The number of amides is 1. The molecule has 4 heteroatoms. The Bertz CT molecular complexity index is 723. The second-order valence-corrected chi connectivity index (χ2v) is 6.53. The Morgan fingerprint density at radius 2 is 1.96 bits per heavy atom. The molecule has 0 aromatic heterocycles. The van der Waals surface area contributed by atoms with Crippen LogP contribution in [0.3, 0.4) is 0 Å². The van der Waals surface area contributed by atoms with Crippen LogP contribution >= 0.6 is 0 Å². The second kappa shape index (κ2) is 6.95. The van der Waals surface area contributed by atoms with E-state index in [1.54, 1.807) is 0 Å². The van der Waals surface area contributed by atoms with Gasteiger partial charge < -0.3 is 9.64 Å². The average molecular weight is 324 g/mol. The summed E-state index contributed by atoms with van der Waals surface area (Å²) in [5.41, 5.74) is 5.99. The number of methoxy groups -OCH3 is 1. The Morgan fingerprint density at radius 1 is 1.21 bits per heavy atom. The standard InChI is InChI=1S/C20H24N2O2/c1-14(2)16-6-4-15(5-7-16)13-22-11-10-17-12-18(8-9-19(17)22)21-20(23)24-3/h4-9,12,14H,10-11,13H2,1-3H3,(H,21,23). The van der Waals surface area contributed by atoms with Gasteiger partial charge >= 0.3 is 6.09 Å². The molecule has 1 N–H and O–H groups in total. The molecule has 0 bridgehead atoms. The normalized spacial score (nSPS) is 13.1. The number of fused-ring (bicyclic) bond motifs is 1. The first kappa shape index (κ1) is 16.4. The van der Waals surface area contributed by atoms with Crippen LogP contribution in [0, 0.1) is 0 Å². The number of hydrogen-bond acceptors (Lipinski definition) is 3. The van der Waals surface area contributed by atoms with Gasteiger partial charge in [0, 0.05) is 24.5 Å². The van der Waals surface area contributed by atoms with Gasteiger partial charge in [-0.05, 0) is 47.2 Å². The van der Waals surface area contributed by atoms with Crippen LogP contribution in [0.1, 0.15) is 36.5 Å². The summed E-state index contributed by atoms with van der Waals surface area (Å²) in [6.07, 6.45) is 0.561. The molecule has 0 fully saturated rings. The summed E-state index contributed by atoms with van der Waals surface area (Å²) in [6, 6.07) is 14.9. The Kier molecular flexibility index (Phi) is 4.74. The van der Waals surface area contributed by atoms with Crippen LogP contribution in [-0.2, 0) is 17.7 Å².